The first-order valence-electron chi connectivity index (χ1n) is 3.21. The monoisotopic (exact) mass is 142 g/mol. The highest BCUT2D eigenvalue weighted by Gasteiger charge is 2.36. The fraction of sp³-hybridized carbons (Fsp3) is 0.714. The van der Waals surface area contributed by atoms with Gasteiger partial charge in [-0.05, 0) is 13.8 Å². The topological polar surface area (TPSA) is 43.4 Å². The number of carbonyl (C=O) groups excluding carboxylic acids is 2. The first kappa shape index (κ1) is 7.25. The van der Waals surface area contributed by atoms with Crippen LogP contribution in [0.3, 0.4) is 0 Å². The molecule has 0 aliphatic carbocycles. The molecule has 0 spiro atoms. The van der Waals surface area contributed by atoms with Gasteiger partial charge in [0.2, 0.25) is 0 Å². The SMILES string of the molecule is CC1(C)CC(=O)COC1=O. The quantitative estimate of drug-likeness (QED) is 0.463. The molecule has 0 amide bonds. The molecule has 0 radical (unpaired) electrons. The summed E-state index contributed by atoms with van der Waals surface area (Å²) in [6.45, 7) is 3.39. The highest BCUT2D eigenvalue weighted by molar-refractivity contribution is 5.92. The summed E-state index contributed by atoms with van der Waals surface area (Å²) in [5.74, 6) is -0.267. The molecule has 1 rings (SSSR count). The van der Waals surface area contributed by atoms with Gasteiger partial charge in [0, 0.05) is 6.42 Å². The van der Waals surface area contributed by atoms with Crippen LogP contribution in [0.25, 0.3) is 0 Å². The fourth-order valence-corrected chi connectivity index (χ4v) is 0.958. The summed E-state index contributed by atoms with van der Waals surface area (Å²) in [4.78, 5) is 21.6. The molecule has 0 saturated carbocycles. The zero-order valence-electron chi connectivity index (χ0n) is 6.14. The van der Waals surface area contributed by atoms with Gasteiger partial charge in [-0.15, -0.1) is 0 Å². The van der Waals surface area contributed by atoms with Crippen LogP contribution in [0, 0.1) is 5.41 Å². The van der Waals surface area contributed by atoms with E-state index < -0.39 is 5.41 Å². The van der Waals surface area contributed by atoms with Crippen LogP contribution in [0.1, 0.15) is 20.3 Å². The molecule has 0 aromatic carbocycles. The first-order valence-corrected chi connectivity index (χ1v) is 3.21. The van der Waals surface area contributed by atoms with Crippen molar-refractivity contribution in [3.8, 4) is 0 Å². The predicted molar refractivity (Wildman–Crippen MR) is 34.4 cm³/mol. The average Bonchev–Trinajstić information content (AvgIpc) is 1.78. The molecule has 1 aliphatic heterocycles. The van der Waals surface area contributed by atoms with Gasteiger partial charge in [0.05, 0.1) is 5.41 Å². The lowest BCUT2D eigenvalue weighted by atomic mass is 9.86. The Morgan fingerprint density at radius 2 is 2.00 bits per heavy atom. The minimum absolute atomic E-state index is 0.00426. The summed E-state index contributed by atoms with van der Waals surface area (Å²) in [6, 6.07) is 0. The Labute approximate surface area is 59.4 Å². The highest BCUT2D eigenvalue weighted by atomic mass is 16.5. The molecule has 0 atom stereocenters. The van der Waals surface area contributed by atoms with E-state index in [4.69, 9.17) is 0 Å². The lowest BCUT2D eigenvalue weighted by Gasteiger charge is -2.25. The van der Waals surface area contributed by atoms with Crippen molar-refractivity contribution < 1.29 is 14.3 Å². The minimum Gasteiger partial charge on any atom is -0.457 e. The number of ether oxygens (including phenoxy) is 1. The third-order valence-corrected chi connectivity index (χ3v) is 1.56. The van der Waals surface area contributed by atoms with Crippen LogP contribution in [0.4, 0.5) is 0 Å². The molecule has 56 valence electrons. The molecule has 1 saturated heterocycles. The van der Waals surface area contributed by atoms with E-state index in [1.54, 1.807) is 13.8 Å². The third kappa shape index (κ3) is 1.17. The van der Waals surface area contributed by atoms with Gasteiger partial charge >= 0.3 is 5.97 Å². The van der Waals surface area contributed by atoms with Gasteiger partial charge in [-0.25, -0.2) is 0 Å². The number of ketones is 1. The highest BCUT2D eigenvalue weighted by Crippen LogP contribution is 2.25. The summed E-state index contributed by atoms with van der Waals surface area (Å²) < 4.78 is 4.62. The van der Waals surface area contributed by atoms with Crippen LogP contribution in [0.2, 0.25) is 0 Å². The fourth-order valence-electron chi connectivity index (χ4n) is 0.958. The molecule has 0 bridgehead atoms. The maximum absolute atomic E-state index is 10.9. The van der Waals surface area contributed by atoms with Crippen LogP contribution < -0.4 is 0 Å². The lowest BCUT2D eigenvalue weighted by molar-refractivity contribution is -0.164. The Morgan fingerprint density at radius 3 is 2.40 bits per heavy atom. The van der Waals surface area contributed by atoms with Crippen molar-refractivity contribution >= 4 is 11.8 Å². The van der Waals surface area contributed by atoms with Gasteiger partial charge in [0.15, 0.2) is 5.78 Å². The van der Waals surface area contributed by atoms with E-state index in [2.05, 4.69) is 4.74 Å². The van der Waals surface area contributed by atoms with Gasteiger partial charge in [0.25, 0.3) is 0 Å². The Bertz CT molecular complexity index is 181. The number of rotatable bonds is 0. The van der Waals surface area contributed by atoms with Gasteiger partial charge in [0.1, 0.15) is 6.61 Å². The smallest absolute Gasteiger partial charge is 0.312 e. The average molecular weight is 142 g/mol. The van der Waals surface area contributed by atoms with Gasteiger partial charge in [-0.3, -0.25) is 9.59 Å². The molecule has 0 aromatic rings. The molecule has 0 aromatic heterocycles. The molecule has 1 fully saturated rings. The maximum atomic E-state index is 10.9. The van der Waals surface area contributed by atoms with E-state index in [0.717, 1.165) is 0 Å². The van der Waals surface area contributed by atoms with Crippen LogP contribution in [0.15, 0.2) is 0 Å². The lowest BCUT2D eigenvalue weighted by Crippen LogP contribution is -2.37. The predicted octanol–water partition coefficient (Wildman–Crippen LogP) is 0.529. The van der Waals surface area contributed by atoms with E-state index in [1.165, 1.54) is 0 Å². The van der Waals surface area contributed by atoms with Crippen molar-refractivity contribution in [2.45, 2.75) is 20.3 Å². The largest absolute Gasteiger partial charge is 0.457 e. The molecule has 0 N–H and O–H groups in total. The van der Waals surface area contributed by atoms with Crippen LogP contribution >= 0.6 is 0 Å². The Balaban J connectivity index is 2.73. The maximum Gasteiger partial charge on any atom is 0.312 e. The summed E-state index contributed by atoms with van der Waals surface area (Å²) in [6.07, 6.45) is 0.311. The number of hydrogen-bond acceptors (Lipinski definition) is 3. The summed E-state index contributed by atoms with van der Waals surface area (Å²) in [7, 11) is 0. The Kier molecular flexibility index (Phi) is 1.50. The van der Waals surface area contributed by atoms with E-state index in [-0.39, 0.29) is 18.4 Å². The second-order valence-electron chi connectivity index (χ2n) is 3.18. The third-order valence-electron chi connectivity index (χ3n) is 1.56. The van der Waals surface area contributed by atoms with Crippen molar-refractivity contribution in [1.82, 2.24) is 0 Å². The molecule has 1 aliphatic rings. The first-order chi connectivity index (χ1) is 4.52. The summed E-state index contributed by atoms with van der Waals surface area (Å²) >= 11 is 0. The minimum atomic E-state index is -0.602. The molecule has 10 heavy (non-hydrogen) atoms. The second kappa shape index (κ2) is 2.08. The van der Waals surface area contributed by atoms with Gasteiger partial charge in [-0.1, -0.05) is 0 Å². The molecule has 1 heterocycles. The van der Waals surface area contributed by atoms with Crippen molar-refractivity contribution in [3.05, 3.63) is 0 Å². The zero-order valence-corrected chi connectivity index (χ0v) is 6.14. The van der Waals surface area contributed by atoms with Crippen LogP contribution in [-0.2, 0) is 14.3 Å². The molecule has 3 nitrogen and oxygen atoms in total. The molecular formula is C7H10O3. The molecule has 0 unspecified atom stereocenters. The number of hydrogen-bond donors (Lipinski definition) is 0. The molecule has 3 heteroatoms. The van der Waals surface area contributed by atoms with Crippen molar-refractivity contribution in [2.24, 2.45) is 5.41 Å². The van der Waals surface area contributed by atoms with Crippen molar-refractivity contribution in [1.29, 1.82) is 0 Å². The normalized spacial score (nSPS) is 24.2. The van der Waals surface area contributed by atoms with E-state index in [9.17, 15) is 9.59 Å². The van der Waals surface area contributed by atoms with E-state index >= 15 is 0 Å². The van der Waals surface area contributed by atoms with Crippen LogP contribution in [-0.4, -0.2) is 18.4 Å². The Hall–Kier alpha value is -0.860. The zero-order chi connectivity index (χ0) is 7.78. The van der Waals surface area contributed by atoms with E-state index in [1.807, 2.05) is 0 Å². The van der Waals surface area contributed by atoms with Gasteiger partial charge < -0.3 is 4.74 Å². The standard InChI is InChI=1S/C7H10O3/c1-7(2)3-5(8)4-10-6(7)9/h3-4H2,1-2H3. The number of cyclic esters (lactones) is 1. The van der Waals surface area contributed by atoms with Crippen LogP contribution in [0.5, 0.6) is 0 Å². The van der Waals surface area contributed by atoms with Crippen molar-refractivity contribution in [2.75, 3.05) is 6.61 Å². The summed E-state index contributed by atoms with van der Waals surface area (Å²) in [5.41, 5.74) is -0.602. The molecular weight excluding hydrogens is 132 g/mol. The number of Topliss-reactive ketones (excluding diaryl/α,β-unsaturated/α-hetero) is 1. The number of carbonyl (C=O) groups is 2. The summed E-state index contributed by atoms with van der Waals surface area (Å²) in [5, 5.41) is 0. The van der Waals surface area contributed by atoms with E-state index in [0.29, 0.717) is 6.42 Å². The van der Waals surface area contributed by atoms with Crippen molar-refractivity contribution in [3.63, 3.8) is 0 Å². The Morgan fingerprint density at radius 1 is 1.40 bits per heavy atom. The number of esters is 1. The van der Waals surface area contributed by atoms with Gasteiger partial charge in [-0.2, -0.15) is 0 Å². The second-order valence-corrected chi connectivity index (χ2v) is 3.18.